The van der Waals surface area contributed by atoms with Crippen molar-refractivity contribution in [1.29, 1.82) is 0 Å². The van der Waals surface area contributed by atoms with E-state index >= 15 is 0 Å². The number of halogens is 1. The second-order valence-electron chi connectivity index (χ2n) is 7.71. The summed E-state index contributed by atoms with van der Waals surface area (Å²) in [5, 5.41) is 40.9. The fourth-order valence-electron chi connectivity index (χ4n) is 3.88. The maximum atomic E-state index is 10.6. The molecule has 8 heteroatoms. The van der Waals surface area contributed by atoms with E-state index < -0.39 is 37.1 Å². The Hall–Kier alpha value is -1.87. The molecule has 7 nitrogen and oxygen atoms in total. The summed E-state index contributed by atoms with van der Waals surface area (Å²) in [6, 6.07) is 9.81. The molecule has 2 aromatic rings. The molecule has 0 radical (unpaired) electrons. The van der Waals surface area contributed by atoms with Crippen LogP contribution in [-0.4, -0.2) is 64.7 Å². The van der Waals surface area contributed by atoms with E-state index in [9.17, 15) is 20.4 Å². The topological polar surface area (TPSA) is 109 Å². The van der Waals surface area contributed by atoms with Crippen molar-refractivity contribution in [3.63, 3.8) is 0 Å². The zero-order valence-corrected chi connectivity index (χ0v) is 17.2. The predicted molar refractivity (Wildman–Crippen MR) is 109 cm³/mol. The molecule has 162 valence electrons. The molecular formula is C22H25ClO7. The van der Waals surface area contributed by atoms with E-state index in [1.165, 1.54) is 0 Å². The van der Waals surface area contributed by atoms with E-state index in [2.05, 4.69) is 0 Å². The first-order valence-corrected chi connectivity index (χ1v) is 10.3. The number of fused-ring (bicyclic) bond motifs is 1. The zero-order chi connectivity index (χ0) is 21.4. The van der Waals surface area contributed by atoms with E-state index in [0.717, 1.165) is 16.7 Å². The lowest BCUT2D eigenvalue weighted by molar-refractivity contribution is -0.232. The predicted octanol–water partition coefficient (Wildman–Crippen LogP) is 1.53. The van der Waals surface area contributed by atoms with Crippen molar-refractivity contribution in [3.8, 4) is 11.5 Å². The molecule has 0 aliphatic carbocycles. The van der Waals surface area contributed by atoms with Crippen LogP contribution in [0, 0.1) is 6.92 Å². The molecule has 30 heavy (non-hydrogen) atoms. The van der Waals surface area contributed by atoms with E-state index in [4.69, 9.17) is 25.8 Å². The van der Waals surface area contributed by atoms with Gasteiger partial charge in [0.25, 0.3) is 0 Å². The number of aliphatic hydroxyl groups is 4. The van der Waals surface area contributed by atoms with Gasteiger partial charge in [0.15, 0.2) is 11.5 Å². The van der Waals surface area contributed by atoms with Crippen LogP contribution in [-0.2, 0) is 11.2 Å². The summed E-state index contributed by atoms with van der Waals surface area (Å²) >= 11 is 6.63. The number of hydrogen-bond donors (Lipinski definition) is 4. The van der Waals surface area contributed by atoms with Crippen LogP contribution in [0.15, 0.2) is 30.3 Å². The first-order valence-electron chi connectivity index (χ1n) is 9.87. The Bertz CT molecular complexity index is 899. The Morgan fingerprint density at radius 2 is 1.63 bits per heavy atom. The molecule has 4 N–H and O–H groups in total. The average molecular weight is 437 g/mol. The Morgan fingerprint density at radius 3 is 2.30 bits per heavy atom. The maximum absolute atomic E-state index is 10.6. The number of aliphatic hydroxyl groups excluding tert-OH is 4. The molecule has 2 heterocycles. The largest absolute Gasteiger partial charge is 0.486 e. The van der Waals surface area contributed by atoms with Gasteiger partial charge >= 0.3 is 0 Å². The molecule has 0 amide bonds. The van der Waals surface area contributed by atoms with E-state index in [1.807, 2.05) is 31.2 Å². The van der Waals surface area contributed by atoms with Crippen LogP contribution in [0.4, 0.5) is 0 Å². The van der Waals surface area contributed by atoms with Gasteiger partial charge in [0.05, 0.1) is 11.6 Å². The molecule has 5 atom stereocenters. The van der Waals surface area contributed by atoms with E-state index in [1.54, 1.807) is 6.07 Å². The van der Waals surface area contributed by atoms with Crippen LogP contribution in [0.3, 0.4) is 0 Å². The zero-order valence-electron chi connectivity index (χ0n) is 16.5. The lowest BCUT2D eigenvalue weighted by Gasteiger charge is -2.41. The van der Waals surface area contributed by atoms with Gasteiger partial charge in [0.1, 0.15) is 43.7 Å². The quantitative estimate of drug-likeness (QED) is 0.575. The second kappa shape index (κ2) is 8.70. The van der Waals surface area contributed by atoms with Crippen molar-refractivity contribution in [3.05, 3.63) is 57.6 Å². The average Bonchev–Trinajstić information content (AvgIpc) is 2.76. The molecule has 1 saturated heterocycles. The van der Waals surface area contributed by atoms with Crippen molar-refractivity contribution < 1.29 is 34.6 Å². The van der Waals surface area contributed by atoms with Gasteiger partial charge in [0, 0.05) is 5.56 Å². The second-order valence-corrected chi connectivity index (χ2v) is 8.08. The summed E-state index contributed by atoms with van der Waals surface area (Å²) in [5.41, 5.74) is 3.39. The minimum absolute atomic E-state index is 0.297. The van der Waals surface area contributed by atoms with Gasteiger partial charge in [-0.2, -0.15) is 0 Å². The molecule has 0 saturated carbocycles. The lowest BCUT2D eigenvalue weighted by Crippen LogP contribution is -2.55. The fourth-order valence-corrected chi connectivity index (χ4v) is 4.14. The fraction of sp³-hybridized carbons (Fsp3) is 0.455. The Morgan fingerprint density at radius 1 is 0.967 bits per heavy atom. The molecule has 4 rings (SSSR count). The molecule has 2 aliphatic rings. The summed E-state index contributed by atoms with van der Waals surface area (Å²) in [7, 11) is 0. The van der Waals surface area contributed by atoms with Crippen molar-refractivity contribution >= 4 is 11.6 Å². The van der Waals surface area contributed by atoms with Crippen LogP contribution in [0.5, 0.6) is 11.5 Å². The molecule has 2 aromatic carbocycles. The minimum Gasteiger partial charge on any atom is -0.486 e. The number of ether oxygens (including phenoxy) is 3. The Labute approximate surface area is 179 Å². The highest BCUT2D eigenvalue weighted by Crippen LogP contribution is 2.48. The lowest BCUT2D eigenvalue weighted by atomic mass is 9.89. The molecule has 0 spiro atoms. The number of hydrogen-bond acceptors (Lipinski definition) is 7. The third-order valence-corrected chi connectivity index (χ3v) is 5.98. The minimum atomic E-state index is -1.49. The summed E-state index contributed by atoms with van der Waals surface area (Å²) in [4.78, 5) is 0. The smallest absolute Gasteiger partial charge is 0.180 e. The van der Waals surface area contributed by atoms with Crippen molar-refractivity contribution in [2.75, 3.05) is 19.8 Å². The van der Waals surface area contributed by atoms with Crippen molar-refractivity contribution in [2.45, 2.75) is 43.9 Å². The normalized spacial score (nSPS) is 28.4. The standard InChI is InChI=1S/C22H25ClO7/c1-11-2-4-12(5-3-11)8-13-9-14(21-22(16(13)23)29-7-6-28-21)20-19(27)18(26)17(25)15(10-24)30-20/h2-5,9,15,17-20,24-27H,6-8,10H2,1H3/t15-,17-,18+,19-,20+/m1/s1. The molecular weight excluding hydrogens is 412 g/mol. The van der Waals surface area contributed by atoms with Crippen LogP contribution in [0.25, 0.3) is 0 Å². The molecule has 2 aliphatic heterocycles. The Balaban J connectivity index is 1.77. The van der Waals surface area contributed by atoms with E-state index in [-0.39, 0.29) is 0 Å². The molecule has 0 aromatic heterocycles. The Kier molecular flexibility index (Phi) is 6.20. The highest BCUT2D eigenvalue weighted by atomic mass is 35.5. The number of rotatable bonds is 4. The van der Waals surface area contributed by atoms with Gasteiger partial charge in [-0.3, -0.25) is 0 Å². The van der Waals surface area contributed by atoms with Crippen molar-refractivity contribution in [1.82, 2.24) is 0 Å². The van der Waals surface area contributed by atoms with Gasteiger partial charge in [-0.1, -0.05) is 41.4 Å². The van der Waals surface area contributed by atoms with Crippen LogP contribution < -0.4 is 9.47 Å². The van der Waals surface area contributed by atoms with Gasteiger partial charge in [-0.15, -0.1) is 0 Å². The first kappa shape index (κ1) is 21.4. The summed E-state index contributed by atoms with van der Waals surface area (Å²) in [6.07, 6.45) is -5.90. The van der Waals surface area contributed by atoms with Gasteiger partial charge in [-0.05, 0) is 30.5 Å². The van der Waals surface area contributed by atoms with Gasteiger partial charge in [-0.25, -0.2) is 0 Å². The molecule has 1 fully saturated rings. The van der Waals surface area contributed by atoms with Gasteiger partial charge < -0.3 is 34.6 Å². The SMILES string of the molecule is Cc1ccc(Cc2cc([C@@H]3O[C@H](CO)[C@@H](O)[C@H](O)[C@H]3O)c3c(c2Cl)OCCO3)cc1. The van der Waals surface area contributed by atoms with Gasteiger partial charge in [0.2, 0.25) is 0 Å². The summed E-state index contributed by atoms with van der Waals surface area (Å²) < 4.78 is 17.3. The van der Waals surface area contributed by atoms with Crippen LogP contribution >= 0.6 is 11.6 Å². The van der Waals surface area contributed by atoms with Crippen molar-refractivity contribution in [2.24, 2.45) is 0 Å². The highest BCUT2D eigenvalue weighted by Gasteiger charge is 2.45. The molecule has 0 bridgehead atoms. The number of benzene rings is 2. The first-order chi connectivity index (χ1) is 14.4. The third kappa shape index (κ3) is 3.89. The number of aryl methyl sites for hydroxylation is 1. The monoisotopic (exact) mass is 436 g/mol. The maximum Gasteiger partial charge on any atom is 0.180 e. The van der Waals surface area contributed by atoms with E-state index in [0.29, 0.717) is 41.7 Å². The molecule has 0 unspecified atom stereocenters. The van der Waals surface area contributed by atoms with Crippen LogP contribution in [0.1, 0.15) is 28.4 Å². The third-order valence-electron chi connectivity index (χ3n) is 5.57. The summed E-state index contributed by atoms with van der Waals surface area (Å²) in [6.45, 7) is 2.13. The van der Waals surface area contributed by atoms with Crippen LogP contribution in [0.2, 0.25) is 5.02 Å². The highest BCUT2D eigenvalue weighted by molar-refractivity contribution is 6.33. The summed E-state index contributed by atoms with van der Waals surface area (Å²) in [5.74, 6) is 0.697.